The number of hydrogen-bond donors (Lipinski definition) is 3. The molecule has 0 aliphatic carbocycles. The summed E-state index contributed by atoms with van der Waals surface area (Å²) in [4.78, 5) is 6.42. The highest BCUT2D eigenvalue weighted by molar-refractivity contribution is 4.64. The van der Waals surface area contributed by atoms with Crippen LogP contribution in [0.3, 0.4) is 0 Å². The van der Waals surface area contributed by atoms with E-state index in [0.717, 1.165) is 13.1 Å². The molecule has 50 valence electrons. The molecule has 1 fully saturated rings. The third kappa shape index (κ3) is 2.84. The van der Waals surface area contributed by atoms with Gasteiger partial charge in [-0.2, -0.15) is 0 Å². The fraction of sp³-hybridized carbons (Fsp3) is 0.400. The predicted octanol–water partition coefficient (Wildman–Crippen LogP) is -0.496. The molecule has 0 radical (unpaired) electrons. The monoisotopic (exact) mass is 126 g/mol. The van der Waals surface area contributed by atoms with E-state index in [1.807, 2.05) is 0 Å². The fourth-order valence-corrected chi connectivity index (χ4v) is 0.340. The standard InChI is InChI=1S/C3H4N2.C2H6N2/c1-2-5-3-4-1;1-2-4-3-1/h1-3H,(H,4,5);3-4H,1-2H2. The summed E-state index contributed by atoms with van der Waals surface area (Å²) >= 11 is 0. The minimum atomic E-state index is 1.14. The zero-order valence-corrected chi connectivity index (χ0v) is 5.09. The van der Waals surface area contributed by atoms with Gasteiger partial charge >= 0.3 is 0 Å². The van der Waals surface area contributed by atoms with Gasteiger partial charge in [0.25, 0.3) is 0 Å². The van der Waals surface area contributed by atoms with Crippen LogP contribution in [0.4, 0.5) is 0 Å². The highest BCUT2D eigenvalue weighted by atomic mass is 15.4. The Morgan fingerprint density at radius 1 is 1.22 bits per heavy atom. The van der Waals surface area contributed by atoms with Gasteiger partial charge in [0, 0.05) is 25.5 Å². The molecule has 4 heteroatoms. The van der Waals surface area contributed by atoms with Crippen LogP contribution >= 0.6 is 0 Å². The molecule has 0 saturated carbocycles. The third-order valence-electron chi connectivity index (χ3n) is 0.906. The van der Waals surface area contributed by atoms with Gasteiger partial charge in [-0.15, -0.1) is 0 Å². The maximum absolute atomic E-state index is 3.67. The molecule has 3 N–H and O–H groups in total. The molecule has 0 amide bonds. The van der Waals surface area contributed by atoms with E-state index in [0.29, 0.717) is 0 Å². The number of aromatic nitrogens is 2. The average molecular weight is 126 g/mol. The maximum Gasteiger partial charge on any atom is 0.0919 e. The number of hydrogen-bond acceptors (Lipinski definition) is 3. The summed E-state index contributed by atoms with van der Waals surface area (Å²) in [5.74, 6) is 0. The molecule has 1 aromatic rings. The van der Waals surface area contributed by atoms with E-state index in [1.165, 1.54) is 0 Å². The summed E-state index contributed by atoms with van der Waals surface area (Å²) in [6.45, 7) is 2.28. The summed E-state index contributed by atoms with van der Waals surface area (Å²) in [7, 11) is 0. The van der Waals surface area contributed by atoms with Crippen molar-refractivity contribution in [2.45, 2.75) is 0 Å². The first-order chi connectivity index (χ1) is 4.50. The molecule has 4 nitrogen and oxygen atoms in total. The molecule has 9 heavy (non-hydrogen) atoms. The number of aromatic amines is 1. The number of rotatable bonds is 0. The molecule has 1 aliphatic rings. The zero-order chi connectivity index (χ0) is 6.36. The van der Waals surface area contributed by atoms with Crippen LogP contribution in [0.15, 0.2) is 18.7 Å². The second-order valence-electron chi connectivity index (χ2n) is 1.61. The van der Waals surface area contributed by atoms with Gasteiger partial charge in [0.1, 0.15) is 0 Å². The van der Waals surface area contributed by atoms with E-state index in [-0.39, 0.29) is 0 Å². The van der Waals surface area contributed by atoms with Crippen molar-refractivity contribution < 1.29 is 0 Å². The number of H-pyrrole nitrogens is 1. The number of nitrogens with one attached hydrogen (secondary N) is 3. The largest absolute Gasteiger partial charge is 0.351 e. The summed E-state index contributed by atoms with van der Waals surface area (Å²) in [6, 6.07) is 0. The van der Waals surface area contributed by atoms with Gasteiger partial charge in [-0.3, -0.25) is 10.9 Å². The quantitative estimate of drug-likeness (QED) is 0.439. The third-order valence-corrected chi connectivity index (χ3v) is 0.906. The van der Waals surface area contributed by atoms with Gasteiger partial charge in [-0.1, -0.05) is 0 Å². The molecule has 2 rings (SSSR count). The molecule has 2 heterocycles. The second kappa shape index (κ2) is 4.05. The number of nitrogens with zero attached hydrogens (tertiary/aromatic N) is 1. The van der Waals surface area contributed by atoms with E-state index in [2.05, 4.69) is 20.8 Å². The Morgan fingerprint density at radius 3 is 2.00 bits per heavy atom. The number of imidazole rings is 1. The first-order valence-electron chi connectivity index (χ1n) is 2.88. The van der Waals surface area contributed by atoms with Gasteiger partial charge in [-0.25, -0.2) is 4.98 Å². The van der Waals surface area contributed by atoms with Crippen LogP contribution in [0.5, 0.6) is 0 Å². The lowest BCUT2D eigenvalue weighted by Crippen LogP contribution is -2.49. The van der Waals surface area contributed by atoms with Crippen molar-refractivity contribution in [3.63, 3.8) is 0 Å². The van der Waals surface area contributed by atoms with E-state index in [4.69, 9.17) is 0 Å². The van der Waals surface area contributed by atoms with Crippen molar-refractivity contribution in [2.75, 3.05) is 13.1 Å². The maximum atomic E-state index is 3.67. The topological polar surface area (TPSA) is 52.7 Å². The minimum absolute atomic E-state index is 1.14. The Labute approximate surface area is 53.7 Å². The van der Waals surface area contributed by atoms with Gasteiger partial charge in [0.2, 0.25) is 0 Å². The second-order valence-corrected chi connectivity index (χ2v) is 1.61. The lowest BCUT2D eigenvalue weighted by Gasteiger charge is -2.13. The minimum Gasteiger partial charge on any atom is -0.351 e. The molecular formula is C5H10N4. The molecule has 1 aromatic heterocycles. The first-order valence-corrected chi connectivity index (χ1v) is 2.88. The smallest absolute Gasteiger partial charge is 0.0919 e. The molecule has 0 unspecified atom stereocenters. The summed E-state index contributed by atoms with van der Waals surface area (Å²) in [5, 5.41) is 0. The molecule has 0 bridgehead atoms. The highest BCUT2D eigenvalue weighted by Crippen LogP contribution is 1.62. The average Bonchev–Trinajstić information content (AvgIpc) is 2.07. The Kier molecular flexibility index (Phi) is 2.82. The van der Waals surface area contributed by atoms with Crippen molar-refractivity contribution in [1.82, 2.24) is 20.8 Å². The molecule has 0 aromatic carbocycles. The van der Waals surface area contributed by atoms with Crippen molar-refractivity contribution in [1.29, 1.82) is 0 Å². The van der Waals surface area contributed by atoms with Crippen LogP contribution in [0.25, 0.3) is 0 Å². The van der Waals surface area contributed by atoms with E-state index < -0.39 is 0 Å². The normalized spacial score (nSPS) is 15.1. The van der Waals surface area contributed by atoms with Crippen molar-refractivity contribution >= 4 is 0 Å². The lowest BCUT2D eigenvalue weighted by atomic mass is 10.6. The summed E-state index contributed by atoms with van der Waals surface area (Å²) in [5.41, 5.74) is 5.72. The number of hydrazine groups is 1. The zero-order valence-electron chi connectivity index (χ0n) is 5.09. The van der Waals surface area contributed by atoms with Crippen molar-refractivity contribution in [3.8, 4) is 0 Å². The molecule has 0 atom stereocenters. The molecule has 1 saturated heterocycles. The van der Waals surface area contributed by atoms with Gasteiger partial charge in [-0.05, 0) is 0 Å². The summed E-state index contributed by atoms with van der Waals surface area (Å²) < 4.78 is 0. The van der Waals surface area contributed by atoms with Crippen molar-refractivity contribution in [3.05, 3.63) is 18.7 Å². The van der Waals surface area contributed by atoms with Gasteiger partial charge < -0.3 is 4.98 Å². The van der Waals surface area contributed by atoms with Crippen molar-refractivity contribution in [2.24, 2.45) is 0 Å². The first kappa shape index (κ1) is 6.25. The van der Waals surface area contributed by atoms with Crippen LogP contribution in [0.2, 0.25) is 0 Å². The van der Waals surface area contributed by atoms with E-state index in [9.17, 15) is 0 Å². The fourth-order valence-electron chi connectivity index (χ4n) is 0.340. The Balaban J connectivity index is 0.0000000922. The lowest BCUT2D eigenvalue weighted by molar-refractivity contribution is 0.423. The van der Waals surface area contributed by atoms with Crippen LogP contribution < -0.4 is 10.9 Å². The van der Waals surface area contributed by atoms with E-state index >= 15 is 0 Å². The highest BCUT2D eigenvalue weighted by Gasteiger charge is 1.89. The Hall–Kier alpha value is -0.870. The summed E-state index contributed by atoms with van der Waals surface area (Å²) in [6.07, 6.45) is 5.08. The van der Waals surface area contributed by atoms with Crippen LogP contribution in [0, 0.1) is 0 Å². The molecular weight excluding hydrogens is 116 g/mol. The van der Waals surface area contributed by atoms with Crippen LogP contribution in [0.1, 0.15) is 0 Å². The Morgan fingerprint density at radius 2 is 1.89 bits per heavy atom. The predicted molar refractivity (Wildman–Crippen MR) is 34.6 cm³/mol. The SMILES string of the molecule is C1CNN1.c1c[nH]cn1. The van der Waals surface area contributed by atoms with Gasteiger partial charge in [0.15, 0.2) is 0 Å². The van der Waals surface area contributed by atoms with Crippen LogP contribution in [-0.2, 0) is 0 Å². The Bertz CT molecular complexity index is 100. The van der Waals surface area contributed by atoms with Crippen LogP contribution in [-0.4, -0.2) is 23.1 Å². The van der Waals surface area contributed by atoms with Gasteiger partial charge in [0.05, 0.1) is 6.33 Å². The molecule has 1 aliphatic heterocycles. The molecule has 0 spiro atoms. The van der Waals surface area contributed by atoms with E-state index in [1.54, 1.807) is 18.7 Å².